The highest BCUT2D eigenvalue weighted by molar-refractivity contribution is 6.31. The van der Waals surface area contributed by atoms with Gasteiger partial charge in [0.05, 0.1) is 10.9 Å². The molecule has 9 nitrogen and oxygen atoms in total. The Hall–Kier alpha value is -2.91. The molecular formula is C21H24ClN3O6. The lowest BCUT2D eigenvalue weighted by Crippen LogP contribution is -2.55. The molecule has 0 unspecified atom stereocenters. The molecule has 1 aliphatic heterocycles. The Bertz CT molecular complexity index is 1080. The van der Waals surface area contributed by atoms with Crippen LogP contribution in [0, 0.1) is 0 Å². The summed E-state index contributed by atoms with van der Waals surface area (Å²) in [6.07, 6.45) is 1.14. The first-order valence-corrected chi connectivity index (χ1v) is 10.1. The van der Waals surface area contributed by atoms with Crippen molar-refractivity contribution in [1.82, 2.24) is 14.9 Å². The average Bonchev–Trinajstić information content (AvgIpc) is 3.13. The maximum Gasteiger partial charge on any atom is 0.516 e. The minimum Gasteiger partial charge on any atom is -0.431 e. The van der Waals surface area contributed by atoms with Gasteiger partial charge in [0.1, 0.15) is 5.60 Å². The van der Waals surface area contributed by atoms with E-state index in [1.165, 1.54) is 16.7 Å². The molecule has 0 bridgehead atoms. The number of fused-ring (bicyclic) bond motifs is 1. The van der Waals surface area contributed by atoms with E-state index in [9.17, 15) is 14.4 Å². The molecule has 1 aromatic heterocycles. The molecule has 31 heavy (non-hydrogen) atoms. The van der Waals surface area contributed by atoms with Crippen molar-refractivity contribution in [3.05, 3.63) is 46.2 Å². The van der Waals surface area contributed by atoms with Gasteiger partial charge < -0.3 is 14.2 Å². The highest BCUT2D eigenvalue weighted by Crippen LogP contribution is 2.27. The number of nitrogens with zero attached hydrogens (tertiary/aromatic N) is 2. The number of hydrogen-bond donors (Lipinski definition) is 1. The van der Waals surface area contributed by atoms with Crippen molar-refractivity contribution in [2.24, 2.45) is 0 Å². The molecule has 0 amide bonds. The smallest absolute Gasteiger partial charge is 0.431 e. The monoisotopic (exact) mass is 449 g/mol. The first-order chi connectivity index (χ1) is 14.5. The second kappa shape index (κ2) is 8.68. The van der Waals surface area contributed by atoms with Gasteiger partial charge in [-0.05, 0) is 51.9 Å². The first-order valence-electron chi connectivity index (χ1n) is 9.75. The minimum absolute atomic E-state index is 0.0942. The lowest BCUT2D eigenvalue weighted by Gasteiger charge is -2.28. The molecule has 166 valence electrons. The number of aromatic nitrogens is 2. The van der Waals surface area contributed by atoms with Crippen LogP contribution in [-0.4, -0.2) is 39.5 Å². The van der Waals surface area contributed by atoms with E-state index in [1.807, 2.05) is 0 Å². The summed E-state index contributed by atoms with van der Waals surface area (Å²) >= 11 is 6.04. The van der Waals surface area contributed by atoms with E-state index in [-0.39, 0.29) is 24.5 Å². The molecule has 0 spiro atoms. The van der Waals surface area contributed by atoms with Crippen LogP contribution in [0.1, 0.15) is 33.6 Å². The topological polar surface area (TPSA) is 109 Å². The predicted molar refractivity (Wildman–Crippen MR) is 114 cm³/mol. The molecule has 1 aromatic carbocycles. The van der Waals surface area contributed by atoms with Gasteiger partial charge in [-0.15, -0.1) is 6.58 Å². The van der Waals surface area contributed by atoms with Crippen molar-refractivity contribution in [3.8, 4) is 6.01 Å². The van der Waals surface area contributed by atoms with Crippen molar-refractivity contribution < 1.29 is 23.8 Å². The zero-order valence-corrected chi connectivity index (χ0v) is 18.3. The molecule has 1 N–H and O–H groups in total. The van der Waals surface area contributed by atoms with E-state index < -0.39 is 23.5 Å². The summed E-state index contributed by atoms with van der Waals surface area (Å²) in [5.74, 6) is -0.982. The third kappa shape index (κ3) is 5.05. The molecule has 0 aliphatic carbocycles. The molecule has 2 heterocycles. The van der Waals surface area contributed by atoms with Crippen LogP contribution < -0.4 is 15.6 Å². The summed E-state index contributed by atoms with van der Waals surface area (Å²) in [6.45, 7) is 9.14. The fourth-order valence-corrected chi connectivity index (χ4v) is 3.31. The summed E-state index contributed by atoms with van der Waals surface area (Å²) in [5.41, 5.74) is -2.62. The third-order valence-corrected chi connectivity index (χ3v) is 4.71. The fraction of sp³-hybridized carbons (Fsp3) is 0.429. The normalized spacial score (nSPS) is 18.6. The summed E-state index contributed by atoms with van der Waals surface area (Å²) in [5, 5.41) is 3.65. The van der Waals surface area contributed by atoms with Crippen LogP contribution in [-0.2, 0) is 20.8 Å². The SMILES string of the molecule is C=CCn1c(O[C@@]2(C(=O)OC(=O)OC(C)(C)C)CCCN2)nc2cc(Cl)ccc2c1=O. The van der Waals surface area contributed by atoms with E-state index in [0.29, 0.717) is 28.9 Å². The number of allylic oxidation sites excluding steroid dienone is 1. The largest absolute Gasteiger partial charge is 0.516 e. The van der Waals surface area contributed by atoms with Crippen LogP contribution in [0.25, 0.3) is 10.9 Å². The van der Waals surface area contributed by atoms with Gasteiger partial charge in [0, 0.05) is 18.0 Å². The van der Waals surface area contributed by atoms with Crippen molar-refractivity contribution in [3.63, 3.8) is 0 Å². The molecule has 1 fully saturated rings. The zero-order chi connectivity index (χ0) is 22.8. The Labute approximate surface area is 183 Å². The quantitative estimate of drug-likeness (QED) is 0.421. The number of nitrogens with one attached hydrogen (secondary N) is 1. The number of halogens is 1. The molecule has 0 saturated carbocycles. The van der Waals surface area contributed by atoms with Gasteiger partial charge >= 0.3 is 18.1 Å². The molecule has 1 saturated heterocycles. The number of rotatable bonds is 5. The standard InChI is InChI=1S/C21H24ClN3O6/c1-5-11-25-16(26)14-8-7-13(22)12-15(14)24-18(25)30-21(9-6-10-23-21)17(27)29-19(28)31-20(2,3)4/h5,7-8,12,23H,1,6,9-11H2,2-4H3/t21-/m1/s1. The van der Waals surface area contributed by atoms with Gasteiger partial charge in [-0.3, -0.25) is 14.7 Å². The summed E-state index contributed by atoms with van der Waals surface area (Å²) in [6, 6.07) is 4.55. The zero-order valence-electron chi connectivity index (χ0n) is 17.6. The number of benzene rings is 1. The lowest BCUT2D eigenvalue weighted by molar-refractivity contribution is -0.162. The number of carbonyl (C=O) groups is 2. The Morgan fingerprint density at radius 1 is 1.39 bits per heavy atom. The highest BCUT2D eigenvalue weighted by Gasteiger charge is 2.48. The summed E-state index contributed by atoms with van der Waals surface area (Å²) < 4.78 is 17.1. The summed E-state index contributed by atoms with van der Waals surface area (Å²) in [4.78, 5) is 42.2. The van der Waals surface area contributed by atoms with Gasteiger partial charge in [0.25, 0.3) is 11.3 Å². The molecule has 2 aromatic rings. The second-order valence-electron chi connectivity index (χ2n) is 8.07. The summed E-state index contributed by atoms with van der Waals surface area (Å²) in [7, 11) is 0. The maximum atomic E-state index is 13.0. The van der Waals surface area contributed by atoms with Crippen LogP contribution in [0.15, 0.2) is 35.6 Å². The first kappa shape index (κ1) is 22.8. The molecule has 1 aliphatic rings. The van der Waals surface area contributed by atoms with E-state index in [1.54, 1.807) is 32.9 Å². The molecular weight excluding hydrogens is 426 g/mol. The Morgan fingerprint density at radius 3 is 2.74 bits per heavy atom. The molecule has 10 heteroatoms. The van der Waals surface area contributed by atoms with Crippen molar-refractivity contribution in [1.29, 1.82) is 0 Å². The van der Waals surface area contributed by atoms with Crippen LogP contribution in [0.4, 0.5) is 4.79 Å². The predicted octanol–water partition coefficient (Wildman–Crippen LogP) is 3.17. The average molecular weight is 450 g/mol. The van der Waals surface area contributed by atoms with Gasteiger partial charge in [-0.1, -0.05) is 17.7 Å². The minimum atomic E-state index is -1.70. The van der Waals surface area contributed by atoms with Crippen molar-refractivity contribution in [2.75, 3.05) is 6.54 Å². The number of ether oxygens (including phenoxy) is 3. The fourth-order valence-electron chi connectivity index (χ4n) is 3.15. The Balaban J connectivity index is 1.99. The third-order valence-electron chi connectivity index (χ3n) is 4.47. The van der Waals surface area contributed by atoms with Crippen LogP contribution in [0.2, 0.25) is 5.02 Å². The van der Waals surface area contributed by atoms with E-state index in [2.05, 4.69) is 16.9 Å². The Kier molecular flexibility index (Phi) is 6.38. The second-order valence-corrected chi connectivity index (χ2v) is 8.51. The van der Waals surface area contributed by atoms with Crippen LogP contribution in [0.3, 0.4) is 0 Å². The van der Waals surface area contributed by atoms with E-state index in [4.69, 9.17) is 25.8 Å². The van der Waals surface area contributed by atoms with Crippen LogP contribution >= 0.6 is 11.6 Å². The Morgan fingerprint density at radius 2 is 2.13 bits per heavy atom. The van der Waals surface area contributed by atoms with Gasteiger partial charge in [0.2, 0.25) is 0 Å². The number of carbonyl (C=O) groups excluding carboxylic acids is 2. The van der Waals surface area contributed by atoms with Gasteiger partial charge in [-0.25, -0.2) is 9.59 Å². The maximum absolute atomic E-state index is 13.0. The van der Waals surface area contributed by atoms with Crippen LogP contribution in [0.5, 0.6) is 6.01 Å². The van der Waals surface area contributed by atoms with E-state index >= 15 is 0 Å². The van der Waals surface area contributed by atoms with Crippen molar-refractivity contribution >= 4 is 34.6 Å². The van der Waals surface area contributed by atoms with Crippen molar-refractivity contribution in [2.45, 2.75) is 51.5 Å². The van der Waals surface area contributed by atoms with Gasteiger partial charge in [-0.2, -0.15) is 4.98 Å². The van der Waals surface area contributed by atoms with E-state index in [0.717, 1.165) is 0 Å². The lowest BCUT2D eigenvalue weighted by atomic mass is 10.1. The highest BCUT2D eigenvalue weighted by atomic mass is 35.5. The number of esters is 1. The molecule has 1 atom stereocenters. The van der Waals surface area contributed by atoms with Gasteiger partial charge in [0.15, 0.2) is 0 Å². The number of hydrogen-bond acceptors (Lipinski definition) is 8. The molecule has 3 rings (SSSR count). The molecule has 0 radical (unpaired) electrons.